The highest BCUT2D eigenvalue weighted by atomic mass is 32.2. The summed E-state index contributed by atoms with van der Waals surface area (Å²) in [5.74, 6) is -0.00321. The molecule has 0 fully saturated rings. The molecule has 0 bridgehead atoms. The van der Waals surface area contributed by atoms with Gasteiger partial charge in [0.2, 0.25) is 0 Å². The highest BCUT2D eigenvalue weighted by Crippen LogP contribution is 2.30. The van der Waals surface area contributed by atoms with Crippen LogP contribution in [0.4, 0.5) is 0 Å². The van der Waals surface area contributed by atoms with Gasteiger partial charge in [0, 0.05) is 9.79 Å². The van der Waals surface area contributed by atoms with E-state index in [9.17, 15) is 9.90 Å². The van der Waals surface area contributed by atoms with Gasteiger partial charge in [-0.15, -0.1) is 0 Å². The number of rotatable bonds is 4. The van der Waals surface area contributed by atoms with Crippen molar-refractivity contribution in [2.45, 2.75) is 23.6 Å². The second-order valence-electron chi connectivity index (χ2n) is 4.30. The first kappa shape index (κ1) is 14.5. The van der Waals surface area contributed by atoms with E-state index in [-0.39, 0.29) is 5.97 Å². The van der Waals surface area contributed by atoms with Gasteiger partial charge in [-0.1, -0.05) is 11.8 Å². The molecule has 2 rings (SSSR count). The van der Waals surface area contributed by atoms with E-state index in [2.05, 4.69) is 0 Å². The molecule has 0 aliphatic rings. The molecule has 2 aromatic rings. The molecule has 20 heavy (non-hydrogen) atoms. The number of esters is 1. The van der Waals surface area contributed by atoms with Crippen LogP contribution in [0.5, 0.6) is 5.75 Å². The van der Waals surface area contributed by atoms with Gasteiger partial charge in [0.05, 0.1) is 12.2 Å². The predicted octanol–water partition coefficient (Wildman–Crippen LogP) is 4.03. The molecule has 2 aromatic carbocycles. The molecule has 0 amide bonds. The van der Waals surface area contributed by atoms with Crippen LogP contribution < -0.4 is 0 Å². The molecule has 0 aliphatic carbocycles. The van der Waals surface area contributed by atoms with Gasteiger partial charge in [-0.25, -0.2) is 4.79 Å². The topological polar surface area (TPSA) is 46.5 Å². The second-order valence-corrected chi connectivity index (χ2v) is 5.44. The van der Waals surface area contributed by atoms with Crippen LogP contribution in [0.15, 0.2) is 52.3 Å². The average Bonchev–Trinajstić information content (AvgIpc) is 2.44. The lowest BCUT2D eigenvalue weighted by Crippen LogP contribution is -2.03. The maximum absolute atomic E-state index is 11.5. The van der Waals surface area contributed by atoms with Gasteiger partial charge in [-0.3, -0.25) is 0 Å². The molecule has 104 valence electrons. The van der Waals surface area contributed by atoms with Crippen molar-refractivity contribution in [2.75, 3.05) is 6.61 Å². The first-order valence-electron chi connectivity index (χ1n) is 6.35. The third kappa shape index (κ3) is 3.54. The molecule has 0 aliphatic heterocycles. The summed E-state index contributed by atoms with van der Waals surface area (Å²) in [6.45, 7) is 4.03. The number of carbonyl (C=O) groups excluding carboxylic acids is 1. The van der Waals surface area contributed by atoms with Crippen LogP contribution in [0.2, 0.25) is 0 Å². The van der Waals surface area contributed by atoms with Gasteiger partial charge >= 0.3 is 5.97 Å². The van der Waals surface area contributed by atoms with Crippen LogP contribution in [-0.4, -0.2) is 17.7 Å². The summed E-state index contributed by atoms with van der Waals surface area (Å²) in [6.07, 6.45) is 0. The van der Waals surface area contributed by atoms with Gasteiger partial charge in [0.1, 0.15) is 5.75 Å². The summed E-state index contributed by atoms with van der Waals surface area (Å²) in [6, 6.07) is 12.8. The number of carbonyl (C=O) groups is 1. The van der Waals surface area contributed by atoms with E-state index in [0.29, 0.717) is 17.9 Å². The van der Waals surface area contributed by atoms with E-state index in [1.165, 1.54) is 0 Å². The highest BCUT2D eigenvalue weighted by molar-refractivity contribution is 7.99. The molecule has 0 saturated heterocycles. The summed E-state index contributed by atoms with van der Waals surface area (Å²) in [5, 5.41) is 9.50. The molecule has 0 heterocycles. The Morgan fingerprint density at radius 2 is 1.80 bits per heavy atom. The minimum atomic E-state index is -0.301. The van der Waals surface area contributed by atoms with Crippen molar-refractivity contribution in [3.05, 3.63) is 53.6 Å². The minimum absolute atomic E-state index is 0.298. The Kier molecular flexibility index (Phi) is 4.69. The van der Waals surface area contributed by atoms with Crippen LogP contribution in [-0.2, 0) is 4.74 Å². The van der Waals surface area contributed by atoms with E-state index < -0.39 is 0 Å². The SMILES string of the molecule is CCOC(=O)c1ccc(Sc2ccc(O)c(C)c2)cc1. The Hall–Kier alpha value is -1.94. The zero-order valence-corrected chi connectivity index (χ0v) is 12.2. The van der Waals surface area contributed by atoms with Crippen molar-refractivity contribution >= 4 is 17.7 Å². The van der Waals surface area contributed by atoms with Gasteiger partial charge in [0.15, 0.2) is 0 Å². The van der Waals surface area contributed by atoms with E-state index in [4.69, 9.17) is 4.74 Å². The third-order valence-corrected chi connectivity index (χ3v) is 3.77. The van der Waals surface area contributed by atoms with Gasteiger partial charge in [-0.05, 0) is 61.9 Å². The largest absolute Gasteiger partial charge is 0.508 e. The normalized spacial score (nSPS) is 10.3. The zero-order valence-electron chi connectivity index (χ0n) is 11.4. The molecule has 4 heteroatoms. The number of aromatic hydroxyl groups is 1. The average molecular weight is 288 g/mol. The fourth-order valence-electron chi connectivity index (χ4n) is 1.70. The van der Waals surface area contributed by atoms with Crippen LogP contribution in [0.25, 0.3) is 0 Å². The zero-order chi connectivity index (χ0) is 14.5. The number of benzene rings is 2. The maximum Gasteiger partial charge on any atom is 0.338 e. The lowest BCUT2D eigenvalue weighted by atomic mass is 10.2. The molecule has 0 radical (unpaired) electrons. The first-order chi connectivity index (χ1) is 9.60. The van der Waals surface area contributed by atoms with Crippen molar-refractivity contribution in [2.24, 2.45) is 0 Å². The standard InChI is InChI=1S/C16H16O3S/c1-3-19-16(18)12-4-6-13(7-5-12)20-14-8-9-15(17)11(2)10-14/h4-10,17H,3H2,1-2H3. The van der Waals surface area contributed by atoms with Crippen LogP contribution in [0, 0.1) is 6.92 Å². The number of phenols is 1. The molecule has 0 unspecified atom stereocenters. The summed E-state index contributed by atoms with van der Waals surface area (Å²) < 4.78 is 4.94. The molecule has 0 atom stereocenters. The molecular formula is C16H16O3S. The quantitative estimate of drug-likeness (QED) is 0.863. The van der Waals surface area contributed by atoms with E-state index in [1.807, 2.05) is 31.2 Å². The van der Waals surface area contributed by atoms with Crippen molar-refractivity contribution in [1.29, 1.82) is 0 Å². The van der Waals surface area contributed by atoms with E-state index in [0.717, 1.165) is 15.4 Å². The Bertz CT molecular complexity index is 606. The molecular weight excluding hydrogens is 272 g/mol. The summed E-state index contributed by atoms with van der Waals surface area (Å²) >= 11 is 1.58. The lowest BCUT2D eigenvalue weighted by molar-refractivity contribution is 0.0526. The summed E-state index contributed by atoms with van der Waals surface area (Å²) in [4.78, 5) is 13.6. The van der Waals surface area contributed by atoms with Crippen LogP contribution in [0.3, 0.4) is 0 Å². The fraction of sp³-hybridized carbons (Fsp3) is 0.188. The number of phenolic OH excluding ortho intramolecular Hbond substituents is 1. The monoisotopic (exact) mass is 288 g/mol. The Labute approximate surface area is 122 Å². The predicted molar refractivity (Wildman–Crippen MR) is 79.4 cm³/mol. The molecule has 0 spiro atoms. The number of hydrogen-bond donors (Lipinski definition) is 1. The molecule has 0 saturated carbocycles. The van der Waals surface area contributed by atoms with Crippen LogP contribution >= 0.6 is 11.8 Å². The maximum atomic E-state index is 11.5. The minimum Gasteiger partial charge on any atom is -0.508 e. The summed E-state index contributed by atoms with van der Waals surface area (Å²) in [5.41, 5.74) is 1.40. The highest BCUT2D eigenvalue weighted by Gasteiger charge is 2.06. The van der Waals surface area contributed by atoms with Crippen molar-refractivity contribution in [1.82, 2.24) is 0 Å². The Balaban J connectivity index is 2.10. The molecule has 0 aromatic heterocycles. The molecule has 3 nitrogen and oxygen atoms in total. The van der Waals surface area contributed by atoms with Crippen LogP contribution in [0.1, 0.15) is 22.8 Å². The Morgan fingerprint density at radius 3 is 2.40 bits per heavy atom. The van der Waals surface area contributed by atoms with Crippen molar-refractivity contribution in [3.63, 3.8) is 0 Å². The smallest absolute Gasteiger partial charge is 0.338 e. The number of hydrogen-bond acceptors (Lipinski definition) is 4. The number of aryl methyl sites for hydroxylation is 1. The van der Waals surface area contributed by atoms with Gasteiger partial charge < -0.3 is 9.84 Å². The second kappa shape index (κ2) is 6.48. The Morgan fingerprint density at radius 1 is 1.15 bits per heavy atom. The summed E-state index contributed by atoms with van der Waals surface area (Å²) in [7, 11) is 0. The number of ether oxygens (including phenoxy) is 1. The van der Waals surface area contributed by atoms with Crippen molar-refractivity contribution in [3.8, 4) is 5.75 Å². The lowest BCUT2D eigenvalue weighted by Gasteiger charge is -2.06. The van der Waals surface area contributed by atoms with Gasteiger partial charge in [-0.2, -0.15) is 0 Å². The van der Waals surface area contributed by atoms with E-state index >= 15 is 0 Å². The van der Waals surface area contributed by atoms with E-state index in [1.54, 1.807) is 36.9 Å². The fourth-order valence-corrected chi connectivity index (χ4v) is 2.62. The van der Waals surface area contributed by atoms with Crippen molar-refractivity contribution < 1.29 is 14.6 Å². The first-order valence-corrected chi connectivity index (χ1v) is 7.16. The third-order valence-electron chi connectivity index (χ3n) is 2.77. The molecule has 1 N–H and O–H groups in total. The van der Waals surface area contributed by atoms with Gasteiger partial charge in [0.25, 0.3) is 0 Å².